The van der Waals surface area contributed by atoms with Crippen LogP contribution in [-0.2, 0) is 11.3 Å². The molecule has 2 saturated heterocycles. The molecular weight excluding hydrogens is 460 g/mol. The summed E-state index contributed by atoms with van der Waals surface area (Å²) in [5.74, 6) is 1.89. The number of carbonyl (C=O) groups is 2. The van der Waals surface area contributed by atoms with Crippen molar-refractivity contribution in [1.82, 2.24) is 15.5 Å². The molecule has 1 unspecified atom stereocenters. The fourth-order valence-corrected chi connectivity index (χ4v) is 5.83. The largest absolute Gasteiger partial charge is 0.454 e. The van der Waals surface area contributed by atoms with E-state index in [-0.39, 0.29) is 35.2 Å². The number of carbonyl (C=O) groups excluding carboxylic acids is 2. The van der Waals surface area contributed by atoms with Gasteiger partial charge in [-0.15, -0.1) is 11.8 Å². The Morgan fingerprint density at radius 2 is 1.88 bits per heavy atom. The number of hydrogen-bond donors (Lipinski definition) is 2. The summed E-state index contributed by atoms with van der Waals surface area (Å²) in [5.41, 5.74) is 1.34. The Morgan fingerprint density at radius 3 is 2.62 bits per heavy atom. The summed E-state index contributed by atoms with van der Waals surface area (Å²) >= 11 is 1.73. The Hall–Kier alpha value is -3.31. The van der Waals surface area contributed by atoms with E-state index in [0.717, 1.165) is 18.4 Å². The fourth-order valence-electron chi connectivity index (χ4n) is 4.42. The number of likely N-dealkylation sites (tertiary alicyclic amines) is 1. The van der Waals surface area contributed by atoms with Gasteiger partial charge in [-0.25, -0.2) is 0 Å². The second-order valence-corrected chi connectivity index (χ2v) is 9.91. The van der Waals surface area contributed by atoms with E-state index in [2.05, 4.69) is 10.6 Å². The molecule has 5 rings (SSSR count). The predicted molar refractivity (Wildman–Crippen MR) is 125 cm³/mol. The quantitative estimate of drug-likeness (QED) is 0.490. The zero-order valence-corrected chi connectivity index (χ0v) is 19.1. The molecule has 0 radical (unpaired) electrons. The smallest absolute Gasteiger partial charge is 0.269 e. The molecule has 0 aliphatic carbocycles. The molecule has 0 saturated carbocycles. The first-order chi connectivity index (χ1) is 16.4. The normalized spacial score (nSPS) is 20.4. The number of rotatable bonds is 5. The summed E-state index contributed by atoms with van der Waals surface area (Å²) < 4.78 is 10.7. The average Bonchev–Trinajstić information content (AvgIpc) is 3.50. The number of hydrogen-bond acceptors (Lipinski definition) is 8. The van der Waals surface area contributed by atoms with Gasteiger partial charge < -0.3 is 19.7 Å². The van der Waals surface area contributed by atoms with Crippen LogP contribution in [0, 0.1) is 10.1 Å². The summed E-state index contributed by atoms with van der Waals surface area (Å²) in [6, 6.07) is 11.0. The molecule has 0 bridgehead atoms. The number of piperidine rings is 1. The van der Waals surface area contributed by atoms with E-state index in [0.29, 0.717) is 42.4 Å². The molecular formula is C23H24N4O6S. The number of non-ortho nitro benzene ring substituents is 1. The lowest BCUT2D eigenvalue weighted by atomic mass is 10.0. The van der Waals surface area contributed by atoms with Gasteiger partial charge in [-0.05, 0) is 42.7 Å². The molecule has 3 aliphatic rings. The van der Waals surface area contributed by atoms with Crippen LogP contribution in [-0.4, -0.2) is 58.2 Å². The predicted octanol–water partition coefficient (Wildman–Crippen LogP) is 2.28. The van der Waals surface area contributed by atoms with Gasteiger partial charge >= 0.3 is 0 Å². The van der Waals surface area contributed by atoms with E-state index in [1.165, 1.54) is 24.3 Å². The zero-order valence-electron chi connectivity index (χ0n) is 18.3. The van der Waals surface area contributed by atoms with Crippen LogP contribution < -0.4 is 20.1 Å². The van der Waals surface area contributed by atoms with E-state index < -0.39 is 4.92 Å². The molecule has 3 heterocycles. The monoisotopic (exact) mass is 484 g/mol. The molecule has 10 nitrogen and oxygen atoms in total. The number of nitro benzene ring substituents is 1. The highest BCUT2D eigenvalue weighted by Crippen LogP contribution is 2.39. The van der Waals surface area contributed by atoms with Gasteiger partial charge in [0.05, 0.1) is 15.8 Å². The Kier molecular flexibility index (Phi) is 6.05. The third-order valence-electron chi connectivity index (χ3n) is 6.37. The van der Waals surface area contributed by atoms with E-state index in [1.807, 2.05) is 18.2 Å². The van der Waals surface area contributed by atoms with Crippen molar-refractivity contribution in [3.63, 3.8) is 0 Å². The minimum atomic E-state index is -0.483. The number of thioether (sulfide) groups is 1. The van der Waals surface area contributed by atoms with Crippen molar-refractivity contribution in [3.05, 3.63) is 63.7 Å². The van der Waals surface area contributed by atoms with Gasteiger partial charge in [0.1, 0.15) is 0 Å². The maximum atomic E-state index is 12.8. The molecule has 1 spiro atoms. The summed E-state index contributed by atoms with van der Waals surface area (Å²) in [4.78, 5) is 37.4. The third-order valence-corrected chi connectivity index (χ3v) is 7.95. The average molecular weight is 485 g/mol. The maximum absolute atomic E-state index is 12.8. The number of benzene rings is 2. The number of nitrogens with zero attached hydrogens (tertiary/aromatic N) is 2. The molecule has 178 valence electrons. The van der Waals surface area contributed by atoms with Crippen molar-refractivity contribution in [2.75, 3.05) is 25.6 Å². The Bertz CT molecular complexity index is 1120. The second-order valence-electron chi connectivity index (χ2n) is 8.50. The van der Waals surface area contributed by atoms with Crippen LogP contribution in [0.4, 0.5) is 5.69 Å². The summed E-state index contributed by atoms with van der Waals surface area (Å²) in [7, 11) is 0. The number of nitrogens with one attached hydrogen (secondary N) is 2. The van der Waals surface area contributed by atoms with Crippen LogP contribution in [0.2, 0.25) is 0 Å². The molecule has 2 amide bonds. The second kappa shape index (κ2) is 9.15. The van der Waals surface area contributed by atoms with Crippen LogP contribution in [0.1, 0.15) is 28.8 Å². The summed E-state index contributed by atoms with van der Waals surface area (Å²) in [6.45, 7) is 1.74. The molecule has 2 fully saturated rings. The Labute approximate surface area is 200 Å². The van der Waals surface area contributed by atoms with Crippen LogP contribution in [0.3, 0.4) is 0 Å². The van der Waals surface area contributed by atoms with Crippen molar-refractivity contribution in [2.24, 2.45) is 0 Å². The lowest BCUT2D eigenvalue weighted by molar-refractivity contribution is -0.384. The van der Waals surface area contributed by atoms with E-state index in [9.17, 15) is 19.7 Å². The Balaban J connectivity index is 1.12. The van der Waals surface area contributed by atoms with Crippen LogP contribution in [0.5, 0.6) is 11.5 Å². The van der Waals surface area contributed by atoms with Gasteiger partial charge in [-0.2, -0.15) is 0 Å². The van der Waals surface area contributed by atoms with E-state index in [4.69, 9.17) is 9.47 Å². The lowest BCUT2D eigenvalue weighted by Crippen LogP contribution is -2.54. The summed E-state index contributed by atoms with van der Waals surface area (Å²) in [5, 5.41) is 17.3. The van der Waals surface area contributed by atoms with Crippen molar-refractivity contribution >= 4 is 29.3 Å². The van der Waals surface area contributed by atoms with Crippen LogP contribution in [0.15, 0.2) is 42.5 Å². The van der Waals surface area contributed by atoms with Crippen molar-refractivity contribution in [2.45, 2.75) is 30.3 Å². The van der Waals surface area contributed by atoms with Crippen molar-refractivity contribution in [1.29, 1.82) is 0 Å². The minimum absolute atomic E-state index is 0.0384. The highest BCUT2D eigenvalue weighted by Gasteiger charge is 2.44. The standard InChI is InChI=1S/C23H24N4O6S/c28-21(24-12-15-1-6-19-20(11-15)33-14-32-19)18-13-34-23(25-18)7-9-26(10-8-23)22(29)16-2-4-17(5-3-16)27(30)31/h1-6,11,18,25H,7-10,12-14H2,(H,24,28). The lowest BCUT2D eigenvalue weighted by Gasteiger charge is -2.39. The highest BCUT2D eigenvalue weighted by atomic mass is 32.2. The SMILES string of the molecule is O=C(NCc1ccc2c(c1)OCO2)C1CSC2(CCN(C(=O)c3ccc([N+](=O)[O-])cc3)CC2)N1. The van der Waals surface area contributed by atoms with E-state index >= 15 is 0 Å². The van der Waals surface area contributed by atoms with Gasteiger partial charge in [-0.1, -0.05) is 6.07 Å². The zero-order chi connectivity index (χ0) is 23.7. The van der Waals surface area contributed by atoms with Crippen LogP contribution in [0.25, 0.3) is 0 Å². The van der Waals surface area contributed by atoms with Crippen molar-refractivity contribution < 1.29 is 24.0 Å². The van der Waals surface area contributed by atoms with Gasteiger partial charge in [0.2, 0.25) is 12.7 Å². The third kappa shape index (κ3) is 4.53. The molecule has 2 aromatic carbocycles. The summed E-state index contributed by atoms with van der Waals surface area (Å²) in [6.07, 6.45) is 1.45. The first-order valence-electron chi connectivity index (χ1n) is 11.0. The van der Waals surface area contributed by atoms with Gasteiger partial charge in [0.15, 0.2) is 11.5 Å². The fraction of sp³-hybridized carbons (Fsp3) is 0.391. The van der Waals surface area contributed by atoms with Gasteiger partial charge in [0.25, 0.3) is 11.6 Å². The van der Waals surface area contributed by atoms with Crippen LogP contribution >= 0.6 is 11.8 Å². The molecule has 34 heavy (non-hydrogen) atoms. The molecule has 2 N–H and O–H groups in total. The minimum Gasteiger partial charge on any atom is -0.454 e. The van der Waals surface area contributed by atoms with E-state index in [1.54, 1.807) is 16.7 Å². The molecule has 3 aliphatic heterocycles. The maximum Gasteiger partial charge on any atom is 0.269 e. The Morgan fingerprint density at radius 1 is 1.15 bits per heavy atom. The molecule has 0 aromatic heterocycles. The number of ether oxygens (including phenoxy) is 2. The van der Waals surface area contributed by atoms with Crippen molar-refractivity contribution in [3.8, 4) is 11.5 Å². The van der Waals surface area contributed by atoms with Gasteiger partial charge in [0, 0.05) is 43.1 Å². The number of fused-ring (bicyclic) bond motifs is 1. The topological polar surface area (TPSA) is 123 Å². The number of amides is 2. The molecule has 1 atom stereocenters. The molecule has 2 aromatic rings. The van der Waals surface area contributed by atoms with Gasteiger partial charge in [-0.3, -0.25) is 25.0 Å². The number of nitro groups is 1. The highest BCUT2D eigenvalue weighted by molar-refractivity contribution is 8.01. The molecule has 11 heteroatoms. The first kappa shape index (κ1) is 22.5. The first-order valence-corrected chi connectivity index (χ1v) is 12.0.